The molecule has 0 aliphatic rings. The Balaban J connectivity index is 2.50. The summed E-state index contributed by atoms with van der Waals surface area (Å²) in [5.41, 5.74) is 0. The van der Waals surface area contributed by atoms with Crippen LogP contribution in [0, 0.1) is 0 Å². The molecular weight excluding hydrogens is 176 g/mol. The minimum absolute atomic E-state index is 0.679. The molecule has 0 atom stereocenters. The molecule has 0 aromatic carbocycles. The minimum Gasteiger partial charge on any atom is -0.288 e. The lowest BCUT2D eigenvalue weighted by atomic mass is 10.2. The van der Waals surface area contributed by atoms with Crippen molar-refractivity contribution in [3.05, 3.63) is 24.4 Å². The summed E-state index contributed by atoms with van der Waals surface area (Å²) in [4.78, 5) is 16.3. The molecule has 3 heteroatoms. The van der Waals surface area contributed by atoms with E-state index in [0.29, 0.717) is 12.4 Å². The molecule has 1 aromatic rings. The zero-order valence-electron chi connectivity index (χ0n) is 8.44. The van der Waals surface area contributed by atoms with E-state index in [1.807, 2.05) is 24.6 Å². The molecule has 1 rings (SSSR count). The topological polar surface area (TPSA) is 33.2 Å². The van der Waals surface area contributed by atoms with Gasteiger partial charge in [0.25, 0.3) is 0 Å². The van der Waals surface area contributed by atoms with Crippen LogP contribution in [0.25, 0.3) is 0 Å². The Morgan fingerprint density at radius 3 is 2.86 bits per heavy atom. The molecule has 1 amide bonds. The van der Waals surface area contributed by atoms with Gasteiger partial charge in [-0.3, -0.25) is 9.69 Å². The Kier molecular flexibility index (Phi) is 4.69. The van der Waals surface area contributed by atoms with Gasteiger partial charge < -0.3 is 0 Å². The Labute approximate surface area is 84.8 Å². The number of amides is 1. The number of anilines is 1. The van der Waals surface area contributed by atoms with Crippen LogP contribution in [-0.4, -0.2) is 17.9 Å². The molecule has 3 nitrogen and oxygen atoms in total. The van der Waals surface area contributed by atoms with E-state index in [2.05, 4.69) is 11.9 Å². The Bertz CT molecular complexity index is 261. The van der Waals surface area contributed by atoms with Gasteiger partial charge in [0.1, 0.15) is 5.82 Å². The van der Waals surface area contributed by atoms with Gasteiger partial charge in [0.15, 0.2) is 0 Å². The number of hydrogen-bond acceptors (Lipinski definition) is 2. The van der Waals surface area contributed by atoms with Crippen molar-refractivity contribution in [2.45, 2.75) is 26.2 Å². The molecule has 14 heavy (non-hydrogen) atoms. The fourth-order valence-corrected chi connectivity index (χ4v) is 1.24. The van der Waals surface area contributed by atoms with E-state index in [9.17, 15) is 4.79 Å². The fraction of sp³-hybridized carbons (Fsp3) is 0.455. The molecule has 0 N–H and O–H groups in total. The monoisotopic (exact) mass is 191 g/mol. The molecule has 0 aliphatic carbocycles. The first-order valence-electron chi connectivity index (χ1n) is 4.95. The SMILES string of the molecule is CCCCCN([C]=O)c1ccccn1. The lowest BCUT2D eigenvalue weighted by Gasteiger charge is -2.14. The van der Waals surface area contributed by atoms with Crippen LogP contribution in [0.15, 0.2) is 24.4 Å². The van der Waals surface area contributed by atoms with Crippen LogP contribution in [-0.2, 0) is 4.79 Å². The molecule has 0 saturated heterocycles. The number of hydrogen-bond donors (Lipinski definition) is 0. The van der Waals surface area contributed by atoms with E-state index in [1.54, 1.807) is 6.20 Å². The van der Waals surface area contributed by atoms with E-state index >= 15 is 0 Å². The maximum atomic E-state index is 10.7. The third kappa shape index (κ3) is 3.17. The summed E-state index contributed by atoms with van der Waals surface area (Å²) in [6.45, 7) is 2.84. The van der Waals surface area contributed by atoms with Crippen molar-refractivity contribution in [1.82, 2.24) is 4.98 Å². The summed E-state index contributed by atoms with van der Waals surface area (Å²) in [6.07, 6.45) is 6.86. The van der Waals surface area contributed by atoms with E-state index in [0.717, 1.165) is 19.3 Å². The summed E-state index contributed by atoms with van der Waals surface area (Å²) in [7, 11) is 0. The molecule has 0 fully saturated rings. The first-order chi connectivity index (χ1) is 6.88. The molecule has 0 unspecified atom stereocenters. The van der Waals surface area contributed by atoms with Crippen molar-refractivity contribution < 1.29 is 4.79 Å². The van der Waals surface area contributed by atoms with Crippen LogP contribution in [0.2, 0.25) is 0 Å². The number of nitrogens with zero attached hydrogens (tertiary/aromatic N) is 2. The maximum Gasteiger partial charge on any atom is 0.318 e. The standard InChI is InChI=1S/C11H15N2O/c1-2-3-6-9-13(10-14)11-7-4-5-8-12-11/h4-5,7-8H,2-3,6,9H2,1H3. The van der Waals surface area contributed by atoms with Crippen LogP contribution >= 0.6 is 0 Å². The van der Waals surface area contributed by atoms with Crippen molar-refractivity contribution in [2.75, 3.05) is 11.4 Å². The summed E-state index contributed by atoms with van der Waals surface area (Å²) >= 11 is 0. The highest BCUT2D eigenvalue weighted by atomic mass is 16.1. The highest BCUT2D eigenvalue weighted by Crippen LogP contribution is 2.08. The second kappa shape index (κ2) is 6.13. The molecule has 75 valence electrons. The molecule has 0 aliphatic heterocycles. The molecule has 0 spiro atoms. The predicted molar refractivity (Wildman–Crippen MR) is 56.8 cm³/mol. The lowest BCUT2D eigenvalue weighted by Crippen LogP contribution is -2.23. The van der Waals surface area contributed by atoms with Crippen LogP contribution in [0.1, 0.15) is 26.2 Å². The minimum atomic E-state index is 0.679. The van der Waals surface area contributed by atoms with E-state index < -0.39 is 0 Å². The van der Waals surface area contributed by atoms with E-state index in [1.165, 1.54) is 4.90 Å². The van der Waals surface area contributed by atoms with E-state index in [4.69, 9.17) is 0 Å². The van der Waals surface area contributed by atoms with Crippen LogP contribution < -0.4 is 4.90 Å². The number of rotatable bonds is 6. The highest BCUT2D eigenvalue weighted by Gasteiger charge is 2.05. The fourth-order valence-electron chi connectivity index (χ4n) is 1.24. The van der Waals surface area contributed by atoms with Gasteiger partial charge in [0, 0.05) is 12.7 Å². The number of unbranched alkanes of at least 4 members (excludes halogenated alkanes) is 2. The molecular formula is C11H15N2O. The number of aromatic nitrogens is 1. The van der Waals surface area contributed by atoms with Crippen molar-refractivity contribution in [2.24, 2.45) is 0 Å². The average Bonchev–Trinajstić information content (AvgIpc) is 2.26. The summed E-state index contributed by atoms with van der Waals surface area (Å²) in [6, 6.07) is 5.52. The molecule has 0 saturated carbocycles. The van der Waals surface area contributed by atoms with Gasteiger partial charge in [-0.25, -0.2) is 4.98 Å². The summed E-state index contributed by atoms with van der Waals surface area (Å²) in [5, 5.41) is 0. The Hall–Kier alpha value is -1.38. The highest BCUT2D eigenvalue weighted by molar-refractivity contribution is 5.73. The van der Waals surface area contributed by atoms with Crippen molar-refractivity contribution in [1.29, 1.82) is 0 Å². The zero-order chi connectivity index (χ0) is 10.2. The quantitative estimate of drug-likeness (QED) is 0.510. The van der Waals surface area contributed by atoms with Gasteiger partial charge in [-0.1, -0.05) is 25.8 Å². The molecule has 1 radical (unpaired) electrons. The van der Waals surface area contributed by atoms with Gasteiger partial charge in [0.2, 0.25) is 0 Å². The van der Waals surface area contributed by atoms with Crippen LogP contribution in [0.3, 0.4) is 0 Å². The Morgan fingerprint density at radius 2 is 2.29 bits per heavy atom. The second-order valence-corrected chi connectivity index (χ2v) is 3.14. The average molecular weight is 191 g/mol. The number of carbonyl (C=O) groups excluding carboxylic acids is 1. The Morgan fingerprint density at radius 1 is 1.43 bits per heavy atom. The predicted octanol–water partition coefficient (Wildman–Crippen LogP) is 2.15. The molecule has 1 heterocycles. The van der Waals surface area contributed by atoms with Crippen molar-refractivity contribution in [3.63, 3.8) is 0 Å². The van der Waals surface area contributed by atoms with E-state index in [-0.39, 0.29) is 0 Å². The normalized spacial score (nSPS) is 9.79. The van der Waals surface area contributed by atoms with Crippen LogP contribution in [0.5, 0.6) is 0 Å². The number of pyridine rings is 1. The van der Waals surface area contributed by atoms with Gasteiger partial charge >= 0.3 is 6.41 Å². The summed E-state index contributed by atoms with van der Waals surface area (Å²) in [5.74, 6) is 0.679. The third-order valence-corrected chi connectivity index (χ3v) is 2.02. The van der Waals surface area contributed by atoms with Gasteiger partial charge in [-0.15, -0.1) is 0 Å². The lowest BCUT2D eigenvalue weighted by molar-refractivity contribution is 0.548. The first kappa shape index (κ1) is 10.7. The molecule has 0 bridgehead atoms. The first-order valence-corrected chi connectivity index (χ1v) is 4.95. The van der Waals surface area contributed by atoms with Crippen molar-refractivity contribution >= 4 is 12.2 Å². The van der Waals surface area contributed by atoms with Crippen LogP contribution in [0.4, 0.5) is 5.82 Å². The zero-order valence-corrected chi connectivity index (χ0v) is 8.44. The summed E-state index contributed by atoms with van der Waals surface area (Å²) < 4.78 is 0. The third-order valence-electron chi connectivity index (χ3n) is 2.02. The van der Waals surface area contributed by atoms with Gasteiger partial charge in [0.05, 0.1) is 0 Å². The second-order valence-electron chi connectivity index (χ2n) is 3.14. The smallest absolute Gasteiger partial charge is 0.288 e. The largest absolute Gasteiger partial charge is 0.318 e. The maximum absolute atomic E-state index is 10.7. The van der Waals surface area contributed by atoms with Crippen molar-refractivity contribution in [3.8, 4) is 0 Å². The van der Waals surface area contributed by atoms with Gasteiger partial charge in [-0.05, 0) is 18.6 Å². The molecule has 1 aromatic heterocycles. The van der Waals surface area contributed by atoms with Gasteiger partial charge in [-0.2, -0.15) is 0 Å².